The van der Waals surface area contributed by atoms with Crippen LogP contribution in [-0.4, -0.2) is 30.5 Å². The van der Waals surface area contributed by atoms with E-state index in [0.29, 0.717) is 17.0 Å². The number of halogens is 1. The zero-order valence-electron chi connectivity index (χ0n) is 20.0. The lowest BCUT2D eigenvalue weighted by atomic mass is 10.1. The Labute approximate surface area is 220 Å². The Hall–Kier alpha value is -4.13. The number of aromatic nitrogens is 2. The van der Waals surface area contributed by atoms with Crippen molar-refractivity contribution in [3.8, 4) is 23.0 Å². The van der Waals surface area contributed by atoms with Gasteiger partial charge in [0.15, 0.2) is 0 Å². The van der Waals surface area contributed by atoms with Crippen molar-refractivity contribution in [2.24, 2.45) is 0 Å². The largest absolute Gasteiger partial charge is 0.337 e. The third kappa shape index (κ3) is 6.36. The number of nitrogens with zero attached hydrogens (tertiary/aromatic N) is 3. The molecule has 4 rings (SSSR count). The molecule has 4 aromatic rings. The SMILES string of the molecule is CCc1nc(-c2ccc(C#N)cc2)cn1-c1ccc(CCNC(=O)NS(=O)(=O)c2ccc(Cl)cc2)cc1. The highest BCUT2D eigenvalue weighted by atomic mass is 35.5. The van der Waals surface area contributed by atoms with Crippen LogP contribution < -0.4 is 10.0 Å². The molecule has 0 saturated heterocycles. The number of urea groups is 1. The van der Waals surface area contributed by atoms with Crippen LogP contribution in [0, 0.1) is 11.3 Å². The van der Waals surface area contributed by atoms with Crippen LogP contribution in [0.1, 0.15) is 23.9 Å². The summed E-state index contributed by atoms with van der Waals surface area (Å²) in [6, 6.07) is 22.1. The highest BCUT2D eigenvalue weighted by molar-refractivity contribution is 7.90. The molecule has 0 bridgehead atoms. The Morgan fingerprint density at radius 3 is 2.32 bits per heavy atom. The van der Waals surface area contributed by atoms with Crippen molar-refractivity contribution in [2.45, 2.75) is 24.7 Å². The van der Waals surface area contributed by atoms with Crippen molar-refractivity contribution in [3.63, 3.8) is 0 Å². The van der Waals surface area contributed by atoms with Crippen molar-refractivity contribution >= 4 is 27.7 Å². The van der Waals surface area contributed by atoms with E-state index >= 15 is 0 Å². The molecule has 1 heterocycles. The van der Waals surface area contributed by atoms with Crippen LogP contribution in [-0.2, 0) is 22.9 Å². The van der Waals surface area contributed by atoms with E-state index in [1.54, 1.807) is 12.1 Å². The number of carbonyl (C=O) groups is 1. The second kappa shape index (κ2) is 11.3. The number of amides is 2. The van der Waals surface area contributed by atoms with E-state index in [1.165, 1.54) is 24.3 Å². The lowest BCUT2D eigenvalue weighted by molar-refractivity contribution is 0.246. The van der Waals surface area contributed by atoms with Gasteiger partial charge in [-0.2, -0.15) is 5.26 Å². The van der Waals surface area contributed by atoms with E-state index < -0.39 is 16.1 Å². The Morgan fingerprint density at radius 2 is 1.70 bits per heavy atom. The van der Waals surface area contributed by atoms with Gasteiger partial charge in [-0.3, -0.25) is 0 Å². The van der Waals surface area contributed by atoms with Gasteiger partial charge in [-0.05, 0) is 60.5 Å². The summed E-state index contributed by atoms with van der Waals surface area (Å²) < 4.78 is 28.6. The third-order valence-corrected chi connectivity index (χ3v) is 7.27. The number of hydrogen-bond donors (Lipinski definition) is 2. The van der Waals surface area contributed by atoms with Gasteiger partial charge in [0.1, 0.15) is 5.82 Å². The molecule has 37 heavy (non-hydrogen) atoms. The lowest BCUT2D eigenvalue weighted by Crippen LogP contribution is -2.40. The first-order chi connectivity index (χ1) is 17.8. The van der Waals surface area contributed by atoms with Gasteiger partial charge in [0.25, 0.3) is 10.0 Å². The van der Waals surface area contributed by atoms with E-state index in [1.807, 2.05) is 58.8 Å². The number of nitriles is 1. The molecule has 0 saturated carbocycles. The second-order valence-electron chi connectivity index (χ2n) is 8.19. The summed E-state index contributed by atoms with van der Waals surface area (Å²) in [5, 5.41) is 12.0. The summed E-state index contributed by atoms with van der Waals surface area (Å²) in [5.41, 5.74) is 4.30. The van der Waals surface area contributed by atoms with E-state index in [4.69, 9.17) is 21.8 Å². The molecule has 0 aliphatic rings. The minimum atomic E-state index is -3.98. The molecular formula is C27H24ClN5O3S. The molecule has 3 aromatic carbocycles. The number of sulfonamides is 1. The van der Waals surface area contributed by atoms with Crippen molar-refractivity contribution in [3.05, 3.63) is 101 Å². The number of aryl methyl sites for hydroxylation is 1. The number of benzene rings is 3. The van der Waals surface area contributed by atoms with E-state index in [-0.39, 0.29) is 11.4 Å². The van der Waals surface area contributed by atoms with Gasteiger partial charge < -0.3 is 9.88 Å². The van der Waals surface area contributed by atoms with Crippen molar-refractivity contribution in [1.82, 2.24) is 19.6 Å². The maximum absolute atomic E-state index is 12.3. The quantitative estimate of drug-likeness (QED) is 0.335. The molecule has 0 unspecified atom stereocenters. The maximum Gasteiger partial charge on any atom is 0.328 e. The Morgan fingerprint density at radius 1 is 1.03 bits per heavy atom. The van der Waals surface area contributed by atoms with Crippen LogP contribution in [0.4, 0.5) is 4.79 Å². The molecule has 0 radical (unpaired) electrons. The van der Waals surface area contributed by atoms with Gasteiger partial charge in [0, 0.05) is 35.4 Å². The normalized spacial score (nSPS) is 11.1. The zero-order valence-corrected chi connectivity index (χ0v) is 21.6. The number of rotatable bonds is 8. The van der Waals surface area contributed by atoms with Crippen LogP contribution in [0.3, 0.4) is 0 Å². The van der Waals surface area contributed by atoms with E-state index in [2.05, 4.69) is 11.4 Å². The molecule has 0 spiro atoms. The van der Waals surface area contributed by atoms with Gasteiger partial charge in [0.05, 0.1) is 22.2 Å². The fourth-order valence-electron chi connectivity index (χ4n) is 3.72. The van der Waals surface area contributed by atoms with Crippen molar-refractivity contribution in [2.75, 3.05) is 6.54 Å². The van der Waals surface area contributed by atoms with Crippen LogP contribution in [0.25, 0.3) is 16.9 Å². The molecule has 2 N–H and O–H groups in total. The van der Waals surface area contributed by atoms with Crippen molar-refractivity contribution < 1.29 is 13.2 Å². The fraction of sp³-hybridized carbons (Fsp3) is 0.148. The monoisotopic (exact) mass is 533 g/mol. The summed E-state index contributed by atoms with van der Waals surface area (Å²) in [7, 11) is -3.98. The molecule has 2 amide bonds. The van der Waals surface area contributed by atoms with E-state index in [9.17, 15) is 13.2 Å². The van der Waals surface area contributed by atoms with Gasteiger partial charge in [-0.15, -0.1) is 0 Å². The summed E-state index contributed by atoms with van der Waals surface area (Å²) >= 11 is 5.78. The molecule has 188 valence electrons. The molecule has 0 aliphatic carbocycles. The molecule has 0 aliphatic heterocycles. The maximum atomic E-state index is 12.3. The summed E-state index contributed by atoms with van der Waals surface area (Å²) in [6.45, 7) is 2.30. The molecule has 10 heteroatoms. The van der Waals surface area contributed by atoms with Crippen LogP contribution in [0.15, 0.2) is 83.9 Å². The summed E-state index contributed by atoms with van der Waals surface area (Å²) in [5.74, 6) is 0.910. The summed E-state index contributed by atoms with van der Waals surface area (Å²) in [4.78, 5) is 16.8. The highest BCUT2D eigenvalue weighted by Crippen LogP contribution is 2.23. The van der Waals surface area contributed by atoms with Crippen molar-refractivity contribution in [1.29, 1.82) is 5.26 Å². The first-order valence-electron chi connectivity index (χ1n) is 11.5. The number of carbonyl (C=O) groups excluding carboxylic acids is 1. The second-order valence-corrected chi connectivity index (χ2v) is 10.3. The van der Waals surface area contributed by atoms with Gasteiger partial charge in [-0.1, -0.05) is 42.8 Å². The van der Waals surface area contributed by atoms with Gasteiger partial charge in [-0.25, -0.2) is 22.9 Å². The number of nitrogens with one attached hydrogen (secondary N) is 2. The lowest BCUT2D eigenvalue weighted by Gasteiger charge is -2.10. The van der Waals surface area contributed by atoms with E-state index in [0.717, 1.165) is 34.8 Å². The topological polar surface area (TPSA) is 117 Å². The first-order valence-corrected chi connectivity index (χ1v) is 13.4. The van der Waals surface area contributed by atoms with Gasteiger partial charge in [0.2, 0.25) is 0 Å². The summed E-state index contributed by atoms with van der Waals surface area (Å²) in [6.07, 6.45) is 3.24. The molecule has 8 nitrogen and oxygen atoms in total. The molecule has 0 fully saturated rings. The average molecular weight is 534 g/mol. The third-order valence-electron chi connectivity index (χ3n) is 5.67. The minimum absolute atomic E-state index is 0.0454. The zero-order chi connectivity index (χ0) is 26.4. The Bertz CT molecular complexity index is 1540. The first kappa shape index (κ1) is 25.9. The standard InChI is InChI=1S/C27H24ClN5O3S/c1-2-26-31-25(21-7-3-20(17-29)4-8-21)18-33(26)23-11-5-19(6-12-23)15-16-30-27(34)32-37(35,36)24-13-9-22(28)10-14-24/h3-14,18H,2,15-16H2,1H3,(H2,30,32,34). The average Bonchev–Trinajstić information content (AvgIpc) is 3.34. The highest BCUT2D eigenvalue weighted by Gasteiger charge is 2.17. The number of hydrogen-bond acceptors (Lipinski definition) is 5. The minimum Gasteiger partial charge on any atom is -0.337 e. The van der Waals surface area contributed by atoms with Crippen LogP contribution >= 0.6 is 11.6 Å². The fourth-order valence-corrected chi connectivity index (χ4v) is 4.77. The molecule has 0 atom stereocenters. The van der Waals surface area contributed by atoms with Crippen LogP contribution in [0.5, 0.6) is 0 Å². The Kier molecular flexibility index (Phi) is 7.92. The van der Waals surface area contributed by atoms with Crippen LogP contribution in [0.2, 0.25) is 5.02 Å². The van der Waals surface area contributed by atoms with Gasteiger partial charge >= 0.3 is 6.03 Å². The molecule has 1 aromatic heterocycles. The predicted octanol–water partition coefficient (Wildman–Crippen LogP) is 4.86. The predicted molar refractivity (Wildman–Crippen MR) is 142 cm³/mol. The number of imidazole rings is 1. The Balaban J connectivity index is 1.36. The molecular weight excluding hydrogens is 510 g/mol. The smallest absolute Gasteiger partial charge is 0.328 e.